The first-order valence-electron chi connectivity index (χ1n) is 6.99. The summed E-state index contributed by atoms with van der Waals surface area (Å²) in [4.78, 5) is 11.2. The Hall–Kier alpha value is -1.27. The molecule has 0 aliphatic carbocycles. The molecule has 0 bridgehead atoms. The van der Waals surface area contributed by atoms with Gasteiger partial charge in [0.15, 0.2) is 17.6 Å². The monoisotopic (exact) mass is 358 g/mol. The van der Waals surface area contributed by atoms with Gasteiger partial charge in [-0.3, -0.25) is 4.79 Å². The number of halogens is 1. The zero-order valence-electron chi connectivity index (χ0n) is 12.9. The Morgan fingerprint density at radius 3 is 2.57 bits per heavy atom. The molecule has 1 rings (SSSR count). The summed E-state index contributed by atoms with van der Waals surface area (Å²) in [6, 6.07) is 4.25. The molecule has 0 radical (unpaired) electrons. The molecule has 0 aromatic heterocycles. The van der Waals surface area contributed by atoms with E-state index in [1.807, 2.05) is 19.1 Å². The van der Waals surface area contributed by atoms with Crippen LogP contribution in [-0.4, -0.2) is 24.7 Å². The fourth-order valence-corrected chi connectivity index (χ4v) is 2.24. The van der Waals surface area contributed by atoms with Crippen molar-refractivity contribution in [2.45, 2.75) is 46.4 Å². The van der Waals surface area contributed by atoms with Crippen molar-refractivity contribution < 1.29 is 14.3 Å². The van der Waals surface area contributed by atoms with Crippen molar-refractivity contribution in [2.24, 2.45) is 5.73 Å². The molecule has 0 spiro atoms. The largest absolute Gasteiger partial charge is 0.490 e. The predicted octanol–water partition coefficient (Wildman–Crippen LogP) is 2.60. The third-order valence-electron chi connectivity index (χ3n) is 2.78. The van der Waals surface area contributed by atoms with Crippen LogP contribution in [0.15, 0.2) is 16.6 Å². The van der Waals surface area contributed by atoms with Crippen LogP contribution in [0.5, 0.6) is 11.5 Å². The van der Waals surface area contributed by atoms with Crippen LogP contribution < -0.4 is 20.5 Å². The quantitative estimate of drug-likeness (QED) is 0.748. The number of nitrogens with two attached hydrogens (primary N) is 1. The minimum absolute atomic E-state index is 0.394. The second-order valence-electron chi connectivity index (χ2n) is 5.04. The zero-order valence-corrected chi connectivity index (χ0v) is 14.5. The van der Waals surface area contributed by atoms with Crippen molar-refractivity contribution >= 4 is 21.8 Å². The molecule has 1 atom stereocenters. The maximum absolute atomic E-state index is 11.2. The van der Waals surface area contributed by atoms with Gasteiger partial charge >= 0.3 is 0 Å². The number of hydrogen-bond donors (Lipinski definition) is 2. The molecule has 5 nitrogen and oxygen atoms in total. The van der Waals surface area contributed by atoms with E-state index in [2.05, 4.69) is 35.1 Å². The summed E-state index contributed by atoms with van der Waals surface area (Å²) in [6.45, 7) is 8.92. The number of primary amides is 1. The third kappa shape index (κ3) is 5.55. The van der Waals surface area contributed by atoms with E-state index in [9.17, 15) is 4.79 Å². The van der Waals surface area contributed by atoms with E-state index in [-0.39, 0.29) is 0 Å². The molecule has 1 aromatic carbocycles. The lowest BCUT2D eigenvalue weighted by molar-refractivity contribution is -0.124. The minimum atomic E-state index is -0.722. The van der Waals surface area contributed by atoms with Crippen LogP contribution in [0.2, 0.25) is 0 Å². The van der Waals surface area contributed by atoms with Crippen LogP contribution in [0.25, 0.3) is 0 Å². The van der Waals surface area contributed by atoms with Crippen molar-refractivity contribution in [1.82, 2.24) is 5.32 Å². The fourth-order valence-electron chi connectivity index (χ4n) is 1.66. The van der Waals surface area contributed by atoms with E-state index >= 15 is 0 Å². The highest BCUT2D eigenvalue weighted by Crippen LogP contribution is 2.37. The Morgan fingerprint density at radius 1 is 1.38 bits per heavy atom. The third-order valence-corrected chi connectivity index (χ3v) is 3.37. The Morgan fingerprint density at radius 2 is 2.05 bits per heavy atom. The van der Waals surface area contributed by atoms with Crippen LogP contribution in [0.3, 0.4) is 0 Å². The molecule has 0 saturated heterocycles. The molecular formula is C15H23BrN2O3. The van der Waals surface area contributed by atoms with Gasteiger partial charge in [0.05, 0.1) is 11.1 Å². The summed E-state index contributed by atoms with van der Waals surface area (Å²) >= 11 is 3.47. The number of ether oxygens (including phenoxy) is 2. The van der Waals surface area contributed by atoms with Gasteiger partial charge in [0.25, 0.3) is 5.91 Å². The Balaban J connectivity index is 3.03. The number of hydrogen-bond acceptors (Lipinski definition) is 4. The lowest BCUT2D eigenvalue weighted by Gasteiger charge is -2.18. The smallest absolute Gasteiger partial charge is 0.258 e. The molecule has 21 heavy (non-hydrogen) atoms. The number of benzene rings is 1. The molecule has 0 aliphatic rings. The first-order valence-corrected chi connectivity index (χ1v) is 7.79. The van der Waals surface area contributed by atoms with Gasteiger partial charge in [-0.05, 0) is 47.5 Å². The van der Waals surface area contributed by atoms with Crippen molar-refractivity contribution in [3.05, 3.63) is 22.2 Å². The van der Waals surface area contributed by atoms with E-state index in [0.717, 1.165) is 16.6 Å². The van der Waals surface area contributed by atoms with Gasteiger partial charge in [-0.25, -0.2) is 0 Å². The molecule has 0 heterocycles. The number of carbonyl (C=O) groups is 1. The Bertz CT molecular complexity index is 492. The predicted molar refractivity (Wildman–Crippen MR) is 86.6 cm³/mol. The first kappa shape index (κ1) is 17.8. The second-order valence-corrected chi connectivity index (χ2v) is 5.89. The summed E-state index contributed by atoms with van der Waals surface area (Å²) in [5.74, 6) is 0.576. The van der Waals surface area contributed by atoms with Crippen molar-refractivity contribution in [3.63, 3.8) is 0 Å². The van der Waals surface area contributed by atoms with Gasteiger partial charge < -0.3 is 20.5 Å². The van der Waals surface area contributed by atoms with Crippen LogP contribution >= 0.6 is 15.9 Å². The summed E-state index contributed by atoms with van der Waals surface area (Å²) in [5, 5.41) is 3.35. The number of nitrogens with one attached hydrogen (secondary N) is 1. The van der Waals surface area contributed by atoms with Crippen LogP contribution in [0.1, 0.15) is 33.3 Å². The van der Waals surface area contributed by atoms with E-state index < -0.39 is 12.0 Å². The molecule has 6 heteroatoms. The van der Waals surface area contributed by atoms with E-state index in [0.29, 0.717) is 24.1 Å². The Labute approximate surface area is 134 Å². The normalized spacial score (nSPS) is 12.3. The summed E-state index contributed by atoms with van der Waals surface area (Å²) in [5.41, 5.74) is 6.31. The van der Waals surface area contributed by atoms with Crippen LogP contribution in [-0.2, 0) is 11.3 Å². The zero-order chi connectivity index (χ0) is 16.0. The topological polar surface area (TPSA) is 73.6 Å². The lowest BCUT2D eigenvalue weighted by atomic mass is 10.2. The SMILES string of the molecule is CCOc1cc(CNC(C)C)cc(Br)c1OC(C)C(N)=O. The lowest BCUT2D eigenvalue weighted by Crippen LogP contribution is -2.31. The second kappa shape index (κ2) is 8.24. The maximum Gasteiger partial charge on any atom is 0.258 e. The molecule has 0 saturated carbocycles. The number of carbonyl (C=O) groups excluding carboxylic acids is 1. The average Bonchev–Trinajstić information content (AvgIpc) is 2.40. The van der Waals surface area contributed by atoms with Crippen LogP contribution in [0.4, 0.5) is 0 Å². The minimum Gasteiger partial charge on any atom is -0.490 e. The fraction of sp³-hybridized carbons (Fsp3) is 0.533. The standard InChI is InChI=1S/C15H23BrN2O3/c1-5-20-13-7-11(8-18-9(2)3)6-12(16)14(13)21-10(4)15(17)19/h6-7,9-10,18H,5,8H2,1-4H3,(H2,17,19). The van der Waals surface area contributed by atoms with Crippen molar-refractivity contribution in [2.75, 3.05) is 6.61 Å². The molecule has 3 N–H and O–H groups in total. The number of amides is 1. The van der Waals surface area contributed by atoms with Gasteiger partial charge in [-0.2, -0.15) is 0 Å². The van der Waals surface area contributed by atoms with Crippen molar-refractivity contribution in [1.29, 1.82) is 0 Å². The highest BCUT2D eigenvalue weighted by molar-refractivity contribution is 9.10. The summed E-state index contributed by atoms with van der Waals surface area (Å²) < 4.78 is 12.0. The van der Waals surface area contributed by atoms with Crippen molar-refractivity contribution in [3.8, 4) is 11.5 Å². The molecule has 1 aromatic rings. The van der Waals surface area contributed by atoms with Gasteiger partial charge in [0.1, 0.15) is 0 Å². The molecule has 1 unspecified atom stereocenters. The van der Waals surface area contributed by atoms with E-state index in [1.165, 1.54) is 0 Å². The highest BCUT2D eigenvalue weighted by Gasteiger charge is 2.18. The first-order chi connectivity index (χ1) is 9.85. The van der Waals surface area contributed by atoms with Gasteiger partial charge in [-0.15, -0.1) is 0 Å². The summed E-state index contributed by atoms with van der Waals surface area (Å²) in [6.07, 6.45) is -0.722. The Kier molecular flexibility index (Phi) is 6.98. The van der Waals surface area contributed by atoms with E-state index in [1.54, 1.807) is 6.92 Å². The van der Waals surface area contributed by atoms with Crippen LogP contribution in [0, 0.1) is 0 Å². The van der Waals surface area contributed by atoms with E-state index in [4.69, 9.17) is 15.2 Å². The van der Waals surface area contributed by atoms with Gasteiger partial charge in [0, 0.05) is 12.6 Å². The molecular weight excluding hydrogens is 336 g/mol. The van der Waals surface area contributed by atoms with Gasteiger partial charge in [-0.1, -0.05) is 13.8 Å². The highest BCUT2D eigenvalue weighted by atomic mass is 79.9. The molecule has 0 aliphatic heterocycles. The van der Waals surface area contributed by atoms with Gasteiger partial charge in [0.2, 0.25) is 0 Å². The molecule has 0 fully saturated rings. The molecule has 118 valence electrons. The maximum atomic E-state index is 11.2. The number of rotatable bonds is 8. The average molecular weight is 359 g/mol. The molecule has 1 amide bonds. The summed E-state index contributed by atoms with van der Waals surface area (Å²) in [7, 11) is 0.